The zero-order valence-corrected chi connectivity index (χ0v) is 25.9. The zero-order valence-electron chi connectivity index (χ0n) is 25.0. The number of sulfonamides is 1. The number of piperazine rings is 1. The van der Waals surface area contributed by atoms with Crippen molar-refractivity contribution < 1.29 is 37.0 Å². The molecule has 0 bridgehead atoms. The van der Waals surface area contributed by atoms with E-state index in [9.17, 15) is 18.0 Å². The molecular formula is C30H40N4O8S. The van der Waals surface area contributed by atoms with Crippen molar-refractivity contribution in [2.45, 2.75) is 37.1 Å². The second-order valence-corrected chi connectivity index (χ2v) is 12.8. The molecule has 3 aliphatic rings. The summed E-state index contributed by atoms with van der Waals surface area (Å²) in [6.45, 7) is 3.40. The Labute approximate surface area is 253 Å². The van der Waals surface area contributed by atoms with Gasteiger partial charge in [-0.3, -0.25) is 19.4 Å². The number of carbonyl (C=O) groups excluding carboxylic acids is 2. The Kier molecular flexibility index (Phi) is 9.62. The summed E-state index contributed by atoms with van der Waals surface area (Å²) in [4.78, 5) is 31.7. The summed E-state index contributed by atoms with van der Waals surface area (Å²) in [6, 6.07) is 8.35. The minimum absolute atomic E-state index is 0.100. The monoisotopic (exact) mass is 616 g/mol. The number of benzene rings is 2. The van der Waals surface area contributed by atoms with Gasteiger partial charge in [-0.05, 0) is 37.1 Å². The Morgan fingerprint density at radius 2 is 1.56 bits per heavy atom. The van der Waals surface area contributed by atoms with Gasteiger partial charge in [0.1, 0.15) is 12.3 Å². The van der Waals surface area contributed by atoms with E-state index in [2.05, 4.69) is 4.90 Å². The van der Waals surface area contributed by atoms with Crippen molar-refractivity contribution in [1.29, 1.82) is 0 Å². The van der Waals surface area contributed by atoms with Crippen LogP contribution >= 0.6 is 0 Å². The lowest BCUT2D eigenvalue weighted by atomic mass is 10.1. The Morgan fingerprint density at radius 3 is 2.21 bits per heavy atom. The number of methoxy groups -OCH3 is 3. The summed E-state index contributed by atoms with van der Waals surface area (Å²) < 4.78 is 50.5. The van der Waals surface area contributed by atoms with E-state index in [0.29, 0.717) is 74.5 Å². The van der Waals surface area contributed by atoms with E-state index in [1.165, 1.54) is 21.3 Å². The van der Waals surface area contributed by atoms with Gasteiger partial charge in [0.05, 0.1) is 31.9 Å². The standard InChI is InChI=1S/C30H40N4O8S/c1-39-26-10-8-22(29(40-2)30(26)41-3)19-31-14-16-32(17-15-31)27(35)20-34-24-18-23(9-11-25(24)42-21-28(34)36)43(37,38)33-12-6-4-5-7-13-33/h8-11,18H,4-7,12-17,19-21H2,1-3H3. The van der Waals surface area contributed by atoms with Crippen LogP contribution in [0.5, 0.6) is 23.0 Å². The van der Waals surface area contributed by atoms with Crippen molar-refractivity contribution in [1.82, 2.24) is 14.1 Å². The van der Waals surface area contributed by atoms with Gasteiger partial charge in [0.2, 0.25) is 21.7 Å². The first-order valence-electron chi connectivity index (χ1n) is 14.6. The molecule has 234 valence electrons. The summed E-state index contributed by atoms with van der Waals surface area (Å²) in [7, 11) is 1.00. The Balaban J connectivity index is 1.25. The lowest BCUT2D eigenvalue weighted by molar-refractivity contribution is -0.133. The molecule has 0 spiro atoms. The zero-order chi connectivity index (χ0) is 30.6. The topological polar surface area (TPSA) is 118 Å². The number of rotatable bonds is 9. The SMILES string of the molecule is COc1ccc(CN2CCN(C(=O)CN3C(=O)COc4ccc(S(=O)(=O)N5CCCCCC5)cc43)CC2)c(OC)c1OC. The molecule has 2 aromatic rings. The minimum atomic E-state index is -3.74. The average Bonchev–Trinajstić information content (AvgIpc) is 3.32. The average molecular weight is 617 g/mol. The number of hydrogen-bond donors (Lipinski definition) is 0. The van der Waals surface area contributed by atoms with Crippen molar-refractivity contribution in [3.63, 3.8) is 0 Å². The van der Waals surface area contributed by atoms with Crippen LogP contribution in [0.15, 0.2) is 35.2 Å². The number of fused-ring (bicyclic) bond motifs is 1. The van der Waals surface area contributed by atoms with Gasteiger partial charge >= 0.3 is 0 Å². The number of anilines is 1. The highest BCUT2D eigenvalue weighted by Gasteiger charge is 2.33. The van der Waals surface area contributed by atoms with Gasteiger partial charge in [-0.1, -0.05) is 18.9 Å². The van der Waals surface area contributed by atoms with Gasteiger partial charge < -0.3 is 23.8 Å². The lowest BCUT2D eigenvalue weighted by Gasteiger charge is -2.37. The second kappa shape index (κ2) is 13.4. The lowest BCUT2D eigenvalue weighted by Crippen LogP contribution is -2.52. The van der Waals surface area contributed by atoms with Crippen molar-refractivity contribution in [2.24, 2.45) is 0 Å². The fourth-order valence-electron chi connectivity index (χ4n) is 5.87. The molecule has 2 saturated heterocycles. The number of nitrogens with zero attached hydrogens (tertiary/aromatic N) is 4. The van der Waals surface area contributed by atoms with Crippen LogP contribution in [0.2, 0.25) is 0 Å². The van der Waals surface area contributed by atoms with Gasteiger partial charge in [0, 0.05) is 51.4 Å². The molecule has 12 nitrogen and oxygen atoms in total. The van der Waals surface area contributed by atoms with Crippen LogP contribution in [0.25, 0.3) is 0 Å². The van der Waals surface area contributed by atoms with E-state index >= 15 is 0 Å². The van der Waals surface area contributed by atoms with Crippen molar-refractivity contribution in [3.05, 3.63) is 35.9 Å². The third-order valence-electron chi connectivity index (χ3n) is 8.27. The van der Waals surface area contributed by atoms with Crippen LogP contribution in [-0.2, 0) is 26.2 Å². The first-order valence-corrected chi connectivity index (χ1v) is 16.1. The molecule has 0 aliphatic carbocycles. The molecule has 0 radical (unpaired) electrons. The predicted molar refractivity (Wildman–Crippen MR) is 159 cm³/mol. The molecule has 0 aromatic heterocycles. The Hall–Kier alpha value is -3.55. The molecule has 0 saturated carbocycles. The molecule has 0 atom stereocenters. The normalized spacial score (nSPS) is 18.4. The minimum Gasteiger partial charge on any atom is -0.493 e. The maximum atomic E-state index is 13.4. The molecule has 0 N–H and O–H groups in total. The quantitative estimate of drug-likeness (QED) is 0.418. The maximum absolute atomic E-state index is 13.4. The molecule has 0 unspecified atom stereocenters. The van der Waals surface area contributed by atoms with Crippen LogP contribution in [0.3, 0.4) is 0 Å². The number of hydrogen-bond acceptors (Lipinski definition) is 9. The van der Waals surface area contributed by atoms with Gasteiger partial charge in [-0.2, -0.15) is 4.31 Å². The van der Waals surface area contributed by atoms with Crippen LogP contribution in [0, 0.1) is 0 Å². The third-order valence-corrected chi connectivity index (χ3v) is 10.2. The molecule has 2 amide bonds. The number of amides is 2. The molecule has 3 heterocycles. The summed E-state index contributed by atoms with van der Waals surface area (Å²) >= 11 is 0. The first-order chi connectivity index (χ1) is 20.8. The van der Waals surface area contributed by atoms with Crippen LogP contribution in [-0.4, -0.2) is 108 Å². The highest BCUT2D eigenvalue weighted by atomic mass is 32.2. The molecular weight excluding hydrogens is 576 g/mol. The van der Waals surface area contributed by atoms with Gasteiger partial charge in [-0.15, -0.1) is 0 Å². The fraction of sp³-hybridized carbons (Fsp3) is 0.533. The molecule has 2 fully saturated rings. The van der Waals surface area contributed by atoms with E-state index < -0.39 is 10.0 Å². The van der Waals surface area contributed by atoms with Crippen molar-refractivity contribution in [3.8, 4) is 23.0 Å². The summed E-state index contributed by atoms with van der Waals surface area (Å²) in [5.41, 5.74) is 1.25. The van der Waals surface area contributed by atoms with Crippen molar-refractivity contribution in [2.75, 3.05) is 78.6 Å². The molecule has 2 aromatic carbocycles. The smallest absolute Gasteiger partial charge is 0.265 e. The first kappa shape index (κ1) is 30.9. The van der Waals surface area contributed by atoms with Gasteiger partial charge in [-0.25, -0.2) is 8.42 Å². The molecule has 3 aliphatic heterocycles. The van der Waals surface area contributed by atoms with Crippen LogP contribution in [0.1, 0.15) is 31.2 Å². The predicted octanol–water partition coefficient (Wildman–Crippen LogP) is 2.35. The van der Waals surface area contributed by atoms with Gasteiger partial charge in [0.25, 0.3) is 5.91 Å². The summed E-state index contributed by atoms with van der Waals surface area (Å²) in [6.07, 6.45) is 3.66. The van der Waals surface area contributed by atoms with E-state index in [1.54, 1.807) is 32.3 Å². The third kappa shape index (κ3) is 6.53. The maximum Gasteiger partial charge on any atom is 0.265 e. The fourth-order valence-corrected chi connectivity index (χ4v) is 7.40. The van der Waals surface area contributed by atoms with E-state index in [0.717, 1.165) is 31.2 Å². The van der Waals surface area contributed by atoms with Gasteiger partial charge in [0.15, 0.2) is 18.1 Å². The molecule has 5 rings (SSSR count). The van der Waals surface area contributed by atoms with E-state index in [-0.39, 0.29) is 29.9 Å². The Morgan fingerprint density at radius 1 is 0.860 bits per heavy atom. The van der Waals surface area contributed by atoms with Crippen molar-refractivity contribution >= 4 is 27.5 Å². The number of ether oxygens (including phenoxy) is 4. The van der Waals surface area contributed by atoms with Crippen LogP contribution in [0.4, 0.5) is 5.69 Å². The van der Waals surface area contributed by atoms with Crippen LogP contribution < -0.4 is 23.8 Å². The number of carbonyl (C=O) groups is 2. The van der Waals surface area contributed by atoms with E-state index in [4.69, 9.17) is 18.9 Å². The highest BCUT2D eigenvalue weighted by molar-refractivity contribution is 7.89. The second-order valence-electron chi connectivity index (χ2n) is 10.9. The largest absolute Gasteiger partial charge is 0.493 e. The van der Waals surface area contributed by atoms with E-state index in [1.807, 2.05) is 12.1 Å². The Bertz CT molecular complexity index is 1430. The summed E-state index contributed by atoms with van der Waals surface area (Å²) in [5.74, 6) is 1.53. The summed E-state index contributed by atoms with van der Waals surface area (Å²) in [5, 5.41) is 0. The molecule has 13 heteroatoms. The highest BCUT2D eigenvalue weighted by Crippen LogP contribution is 2.40. The molecule has 43 heavy (non-hydrogen) atoms.